The van der Waals surface area contributed by atoms with E-state index in [4.69, 9.17) is 4.74 Å². The normalized spacial score (nSPS) is 11.5. The Kier molecular flexibility index (Phi) is 7.79. The highest BCUT2D eigenvalue weighted by atomic mass is 32.2. The topological polar surface area (TPSA) is 118 Å². The maximum Gasteiger partial charge on any atom is 0.247 e. The van der Waals surface area contributed by atoms with Crippen molar-refractivity contribution in [3.8, 4) is 17.0 Å². The lowest BCUT2D eigenvalue weighted by atomic mass is 10.1. The molecule has 0 fully saturated rings. The van der Waals surface area contributed by atoms with Gasteiger partial charge in [-0.05, 0) is 38.4 Å². The minimum Gasteiger partial charge on any atom is -0.495 e. The summed E-state index contributed by atoms with van der Waals surface area (Å²) >= 11 is 0. The smallest absolute Gasteiger partial charge is 0.247 e. The van der Waals surface area contributed by atoms with Crippen molar-refractivity contribution in [3.05, 3.63) is 67.5 Å². The van der Waals surface area contributed by atoms with Crippen LogP contribution in [0.4, 0.5) is 17.3 Å². The number of aryl methyl sites for hydroxylation is 1. The Hall–Kier alpha value is -4.22. The number of rotatable bonds is 10. The molecular formula is C27H30N6O4S. The third-order valence-electron chi connectivity index (χ3n) is 5.96. The molecule has 0 radical (unpaired) electrons. The molecule has 11 heteroatoms. The van der Waals surface area contributed by atoms with E-state index in [9.17, 15) is 13.2 Å². The standard InChI is InChI=1S/C27H30N6O4S/c1-6-26(34)29-22-15-21(24(37-5)16-25(22)38(35,36)14-13-32(2)3)31-27-28-12-11-20(30-27)19-17-33(4)23-10-8-7-9-18(19)23/h6-12,15-17H,1,13-14H2,2-5H3,(H,29,34)(H,28,30,31). The van der Waals surface area contributed by atoms with Gasteiger partial charge in [-0.1, -0.05) is 24.8 Å². The average molecular weight is 535 g/mol. The first-order valence-corrected chi connectivity index (χ1v) is 13.5. The van der Waals surface area contributed by atoms with Crippen LogP contribution in [0.5, 0.6) is 5.75 Å². The van der Waals surface area contributed by atoms with Crippen molar-refractivity contribution in [2.75, 3.05) is 44.1 Å². The number of aromatic nitrogens is 3. The number of nitrogens with zero attached hydrogens (tertiary/aromatic N) is 4. The number of hydrogen-bond acceptors (Lipinski definition) is 8. The van der Waals surface area contributed by atoms with E-state index in [0.717, 1.165) is 22.5 Å². The van der Waals surface area contributed by atoms with Crippen molar-refractivity contribution in [2.24, 2.45) is 7.05 Å². The third-order valence-corrected chi connectivity index (χ3v) is 7.69. The number of methoxy groups -OCH3 is 1. The molecule has 2 aromatic heterocycles. The highest BCUT2D eigenvalue weighted by Gasteiger charge is 2.23. The van der Waals surface area contributed by atoms with Gasteiger partial charge in [0.1, 0.15) is 5.75 Å². The Labute approximate surface area is 221 Å². The van der Waals surface area contributed by atoms with Crippen LogP contribution < -0.4 is 15.4 Å². The molecular weight excluding hydrogens is 504 g/mol. The number of amides is 1. The summed E-state index contributed by atoms with van der Waals surface area (Å²) in [6, 6.07) is 12.7. The maximum atomic E-state index is 13.2. The fourth-order valence-electron chi connectivity index (χ4n) is 4.01. The second kappa shape index (κ2) is 11.0. The zero-order chi connectivity index (χ0) is 27.4. The monoisotopic (exact) mass is 534 g/mol. The van der Waals surface area contributed by atoms with Crippen LogP contribution in [0.3, 0.4) is 0 Å². The third kappa shape index (κ3) is 5.68. The highest BCUT2D eigenvalue weighted by Crippen LogP contribution is 2.36. The molecule has 0 aliphatic heterocycles. The second-order valence-electron chi connectivity index (χ2n) is 8.93. The lowest BCUT2D eigenvalue weighted by Gasteiger charge is -2.18. The van der Waals surface area contributed by atoms with Gasteiger partial charge in [0.15, 0.2) is 9.84 Å². The fraction of sp³-hybridized carbons (Fsp3) is 0.222. The number of nitrogens with one attached hydrogen (secondary N) is 2. The number of fused-ring (bicyclic) bond motifs is 1. The van der Waals surface area contributed by atoms with Crippen molar-refractivity contribution in [1.82, 2.24) is 19.4 Å². The van der Waals surface area contributed by atoms with Gasteiger partial charge >= 0.3 is 0 Å². The van der Waals surface area contributed by atoms with E-state index in [0.29, 0.717) is 17.9 Å². The summed E-state index contributed by atoms with van der Waals surface area (Å²) in [5.74, 6) is -0.148. The predicted octanol–water partition coefficient (Wildman–Crippen LogP) is 3.85. The Morgan fingerprint density at radius 1 is 1.18 bits per heavy atom. The summed E-state index contributed by atoms with van der Waals surface area (Å²) in [7, 11) is 3.23. The van der Waals surface area contributed by atoms with Crippen LogP contribution in [-0.2, 0) is 21.7 Å². The van der Waals surface area contributed by atoms with Crippen LogP contribution in [0.15, 0.2) is 72.4 Å². The summed E-state index contributed by atoms with van der Waals surface area (Å²) in [5, 5.41) is 6.77. The number of ether oxygens (including phenoxy) is 1. The molecule has 10 nitrogen and oxygen atoms in total. The van der Waals surface area contributed by atoms with Gasteiger partial charge in [-0.2, -0.15) is 0 Å². The van der Waals surface area contributed by atoms with Crippen molar-refractivity contribution >= 4 is 44.0 Å². The molecule has 0 aliphatic rings. The van der Waals surface area contributed by atoms with Gasteiger partial charge in [0.05, 0.1) is 34.8 Å². The molecule has 4 rings (SSSR count). The van der Waals surface area contributed by atoms with Crippen LogP contribution in [0.1, 0.15) is 0 Å². The largest absolute Gasteiger partial charge is 0.495 e. The molecule has 0 saturated carbocycles. The summed E-state index contributed by atoms with van der Waals surface area (Å²) < 4.78 is 33.9. The van der Waals surface area contributed by atoms with Crippen molar-refractivity contribution in [3.63, 3.8) is 0 Å². The number of carbonyl (C=O) groups is 1. The lowest BCUT2D eigenvalue weighted by Crippen LogP contribution is -2.23. The molecule has 1 amide bonds. The minimum atomic E-state index is -3.76. The van der Waals surface area contributed by atoms with E-state index in [2.05, 4.69) is 27.2 Å². The average Bonchev–Trinajstić information content (AvgIpc) is 3.24. The van der Waals surface area contributed by atoms with Gasteiger partial charge in [-0.25, -0.2) is 18.4 Å². The van der Waals surface area contributed by atoms with Gasteiger partial charge in [0.25, 0.3) is 0 Å². The number of carbonyl (C=O) groups excluding carboxylic acids is 1. The second-order valence-corrected chi connectivity index (χ2v) is 11.0. The molecule has 2 aromatic carbocycles. The SMILES string of the molecule is C=CC(=O)Nc1cc(Nc2nccc(-c3cn(C)c4ccccc34)n2)c(OC)cc1S(=O)(=O)CCN(C)C. The summed E-state index contributed by atoms with van der Waals surface area (Å²) in [6.07, 6.45) is 4.72. The Morgan fingerprint density at radius 2 is 1.95 bits per heavy atom. The summed E-state index contributed by atoms with van der Waals surface area (Å²) in [4.78, 5) is 22.9. The van der Waals surface area contributed by atoms with Crippen LogP contribution in [0, 0.1) is 0 Å². The van der Waals surface area contributed by atoms with E-state index >= 15 is 0 Å². The minimum absolute atomic E-state index is 0.0534. The van der Waals surface area contributed by atoms with E-state index in [-0.39, 0.29) is 28.0 Å². The van der Waals surface area contributed by atoms with Gasteiger partial charge < -0.3 is 24.8 Å². The highest BCUT2D eigenvalue weighted by molar-refractivity contribution is 7.91. The molecule has 2 heterocycles. The van der Waals surface area contributed by atoms with Crippen LogP contribution in [-0.4, -0.2) is 67.3 Å². The number of anilines is 3. The predicted molar refractivity (Wildman–Crippen MR) is 150 cm³/mol. The molecule has 0 spiro atoms. The lowest BCUT2D eigenvalue weighted by molar-refractivity contribution is -0.111. The molecule has 0 unspecified atom stereocenters. The summed E-state index contributed by atoms with van der Waals surface area (Å²) in [5.41, 5.74) is 3.21. The first kappa shape index (κ1) is 26.8. The fourth-order valence-corrected chi connectivity index (χ4v) is 5.57. The van der Waals surface area contributed by atoms with Crippen LogP contribution in [0.2, 0.25) is 0 Å². The number of para-hydroxylation sites is 1. The van der Waals surface area contributed by atoms with E-state index in [1.54, 1.807) is 25.2 Å². The zero-order valence-corrected chi connectivity index (χ0v) is 22.5. The Morgan fingerprint density at radius 3 is 2.66 bits per heavy atom. The quantitative estimate of drug-likeness (QED) is 0.295. The Balaban J connectivity index is 1.75. The molecule has 4 aromatic rings. The number of benzene rings is 2. The van der Waals surface area contributed by atoms with Crippen LogP contribution in [0.25, 0.3) is 22.2 Å². The zero-order valence-electron chi connectivity index (χ0n) is 21.7. The Bertz CT molecular complexity index is 1610. The molecule has 198 valence electrons. The molecule has 0 atom stereocenters. The molecule has 2 N–H and O–H groups in total. The van der Waals surface area contributed by atoms with Crippen molar-refractivity contribution in [2.45, 2.75) is 4.90 Å². The number of hydrogen-bond donors (Lipinski definition) is 2. The molecule has 38 heavy (non-hydrogen) atoms. The van der Waals surface area contributed by atoms with E-state index in [1.807, 2.05) is 48.1 Å². The maximum absolute atomic E-state index is 13.2. The van der Waals surface area contributed by atoms with Gasteiger partial charge in [0.2, 0.25) is 11.9 Å². The van der Waals surface area contributed by atoms with Gasteiger partial charge in [-0.3, -0.25) is 4.79 Å². The van der Waals surface area contributed by atoms with Crippen molar-refractivity contribution in [1.29, 1.82) is 0 Å². The van der Waals surface area contributed by atoms with Gasteiger partial charge in [0, 0.05) is 48.5 Å². The molecule has 0 saturated heterocycles. The number of sulfone groups is 1. The first-order chi connectivity index (χ1) is 18.1. The summed E-state index contributed by atoms with van der Waals surface area (Å²) in [6.45, 7) is 3.78. The van der Waals surface area contributed by atoms with E-state index in [1.165, 1.54) is 19.2 Å². The first-order valence-electron chi connectivity index (χ1n) is 11.8. The van der Waals surface area contributed by atoms with E-state index < -0.39 is 15.7 Å². The van der Waals surface area contributed by atoms with Gasteiger partial charge in [-0.15, -0.1) is 0 Å². The molecule has 0 aliphatic carbocycles. The van der Waals surface area contributed by atoms with Crippen LogP contribution >= 0.6 is 0 Å². The molecule has 0 bridgehead atoms. The van der Waals surface area contributed by atoms with Crippen molar-refractivity contribution < 1.29 is 17.9 Å².